The first-order valence-electron chi connectivity index (χ1n) is 5.72. The predicted molar refractivity (Wildman–Crippen MR) is 76.0 cm³/mol. The van der Waals surface area contributed by atoms with Crippen LogP contribution in [0.15, 0.2) is 30.3 Å². The van der Waals surface area contributed by atoms with E-state index in [4.69, 9.17) is 5.11 Å². The average molecular weight is 311 g/mol. The number of rotatable bonds is 5. The topological polar surface area (TPSA) is 93.6 Å². The first-order valence-corrected chi connectivity index (χ1v) is 7.57. The molecule has 6 nitrogen and oxygen atoms in total. The van der Waals surface area contributed by atoms with Crippen molar-refractivity contribution in [2.75, 3.05) is 4.31 Å². The minimum atomic E-state index is -2.63. The van der Waals surface area contributed by atoms with Crippen LogP contribution < -0.4 is 4.31 Å². The second-order valence-electron chi connectivity index (χ2n) is 3.77. The van der Waals surface area contributed by atoms with Crippen molar-refractivity contribution < 1.29 is 18.7 Å². The van der Waals surface area contributed by atoms with Crippen molar-refractivity contribution in [3.05, 3.63) is 41.0 Å². The van der Waals surface area contributed by atoms with Crippen molar-refractivity contribution in [2.24, 2.45) is 0 Å². The third-order valence-electron chi connectivity index (χ3n) is 2.48. The Balaban J connectivity index is 2.58. The van der Waals surface area contributed by atoms with Gasteiger partial charge in [0.2, 0.25) is 0 Å². The van der Waals surface area contributed by atoms with Gasteiger partial charge >= 0.3 is 5.97 Å². The number of carbonyl (C=O) groups is 1. The van der Waals surface area contributed by atoms with Gasteiger partial charge in [-0.2, -0.15) is 0 Å². The molecule has 0 amide bonds. The molecule has 0 bridgehead atoms. The van der Waals surface area contributed by atoms with Gasteiger partial charge in [0.1, 0.15) is 5.00 Å². The van der Waals surface area contributed by atoms with Crippen molar-refractivity contribution in [3.8, 4) is 0 Å². The Labute approximate surface area is 122 Å². The maximum Gasteiger partial charge on any atom is 0.357 e. The SMILES string of the molecule is CCc1nc(C(=O)O)c(N(c2ccccc2)S(=O)[O-])s1. The van der Waals surface area contributed by atoms with Gasteiger partial charge in [0.05, 0.1) is 22.0 Å². The van der Waals surface area contributed by atoms with E-state index in [1.54, 1.807) is 30.3 Å². The fourth-order valence-corrected chi connectivity index (χ4v) is 3.35. The van der Waals surface area contributed by atoms with Crippen LogP contribution >= 0.6 is 11.3 Å². The summed E-state index contributed by atoms with van der Waals surface area (Å²) in [4.78, 5) is 15.2. The number of nitrogens with zero attached hydrogens (tertiary/aromatic N) is 2. The van der Waals surface area contributed by atoms with E-state index in [2.05, 4.69) is 4.98 Å². The number of benzene rings is 1. The van der Waals surface area contributed by atoms with Gasteiger partial charge in [-0.3, -0.25) is 8.51 Å². The molecule has 20 heavy (non-hydrogen) atoms. The van der Waals surface area contributed by atoms with Crippen LogP contribution in [0.1, 0.15) is 22.4 Å². The molecular weight excluding hydrogens is 300 g/mol. The van der Waals surface area contributed by atoms with E-state index in [9.17, 15) is 13.6 Å². The molecule has 1 aromatic heterocycles. The summed E-state index contributed by atoms with van der Waals surface area (Å²) in [6.45, 7) is 1.83. The first-order chi connectivity index (χ1) is 9.54. The highest BCUT2D eigenvalue weighted by molar-refractivity contribution is 7.81. The average Bonchev–Trinajstić information content (AvgIpc) is 2.84. The standard InChI is InChI=1S/C12H12N2O4S2/c1-2-9-13-10(12(15)16)11(19-9)14(20(17)18)8-6-4-3-5-7-8/h3-7H,2H2,1H3,(H,15,16)(H,17,18)/p-1. The lowest BCUT2D eigenvalue weighted by molar-refractivity contribution is 0.0692. The second kappa shape index (κ2) is 6.12. The fraction of sp³-hybridized carbons (Fsp3) is 0.167. The van der Waals surface area contributed by atoms with Crippen LogP contribution in [0.4, 0.5) is 10.7 Å². The second-order valence-corrected chi connectivity index (χ2v) is 5.63. The van der Waals surface area contributed by atoms with E-state index in [1.165, 1.54) is 0 Å². The van der Waals surface area contributed by atoms with Gasteiger partial charge in [-0.25, -0.2) is 9.78 Å². The van der Waals surface area contributed by atoms with Gasteiger partial charge in [-0.1, -0.05) is 36.5 Å². The third-order valence-corrected chi connectivity index (χ3v) is 4.47. The van der Waals surface area contributed by atoms with Crippen molar-refractivity contribution in [1.82, 2.24) is 4.98 Å². The molecule has 0 aliphatic heterocycles. The van der Waals surface area contributed by atoms with Crippen LogP contribution in [0, 0.1) is 0 Å². The Morgan fingerprint density at radius 1 is 1.45 bits per heavy atom. The van der Waals surface area contributed by atoms with Crippen molar-refractivity contribution in [3.63, 3.8) is 0 Å². The van der Waals surface area contributed by atoms with Crippen molar-refractivity contribution in [1.29, 1.82) is 0 Å². The zero-order valence-electron chi connectivity index (χ0n) is 10.5. The molecule has 1 heterocycles. The summed E-state index contributed by atoms with van der Waals surface area (Å²) in [6, 6.07) is 8.28. The van der Waals surface area contributed by atoms with Gasteiger partial charge in [-0.05, 0) is 18.6 Å². The minimum absolute atomic E-state index is 0.0916. The van der Waals surface area contributed by atoms with Gasteiger partial charge in [0.15, 0.2) is 5.69 Å². The molecule has 0 aliphatic carbocycles. The Hall–Kier alpha value is -1.77. The molecule has 106 valence electrons. The summed E-state index contributed by atoms with van der Waals surface area (Å²) >= 11 is -1.57. The molecule has 8 heteroatoms. The van der Waals surface area contributed by atoms with E-state index >= 15 is 0 Å². The van der Waals surface area contributed by atoms with Gasteiger partial charge in [0, 0.05) is 0 Å². The molecule has 0 aliphatic rings. The van der Waals surface area contributed by atoms with Crippen LogP contribution in [0.25, 0.3) is 0 Å². The zero-order chi connectivity index (χ0) is 14.7. The molecule has 1 N–H and O–H groups in total. The number of aryl methyl sites for hydroxylation is 1. The van der Waals surface area contributed by atoms with Crippen LogP contribution in [0.3, 0.4) is 0 Å². The maximum absolute atomic E-state index is 11.5. The van der Waals surface area contributed by atoms with E-state index in [1.807, 2.05) is 6.92 Å². The number of para-hydroxylation sites is 1. The summed E-state index contributed by atoms with van der Waals surface area (Å²) in [7, 11) is 0. The zero-order valence-corrected chi connectivity index (χ0v) is 12.1. The molecule has 2 rings (SSSR count). The van der Waals surface area contributed by atoms with Gasteiger partial charge < -0.3 is 9.66 Å². The van der Waals surface area contributed by atoms with E-state index in [0.29, 0.717) is 17.1 Å². The number of aromatic carboxylic acids is 1. The predicted octanol–water partition coefficient (Wildman–Crippen LogP) is 2.34. The van der Waals surface area contributed by atoms with Crippen LogP contribution in [0.5, 0.6) is 0 Å². The van der Waals surface area contributed by atoms with Crippen molar-refractivity contribution in [2.45, 2.75) is 13.3 Å². The first kappa shape index (κ1) is 14.6. The fourth-order valence-electron chi connectivity index (χ4n) is 1.62. The molecule has 1 unspecified atom stereocenters. The lowest BCUT2D eigenvalue weighted by Gasteiger charge is -2.24. The largest absolute Gasteiger partial charge is 0.755 e. The highest BCUT2D eigenvalue weighted by Gasteiger charge is 2.23. The molecule has 1 atom stereocenters. The summed E-state index contributed by atoms with van der Waals surface area (Å²) in [5, 5.41) is 9.83. The summed E-state index contributed by atoms with van der Waals surface area (Å²) in [5.41, 5.74) is 0.120. The molecule has 0 radical (unpaired) electrons. The molecule has 0 saturated carbocycles. The number of carboxylic acid groups (broad SMARTS) is 1. The lowest BCUT2D eigenvalue weighted by atomic mass is 10.3. The normalized spacial score (nSPS) is 12.1. The number of carboxylic acids is 1. The maximum atomic E-state index is 11.5. The summed E-state index contributed by atoms with van der Waals surface area (Å²) < 4.78 is 23.9. The minimum Gasteiger partial charge on any atom is -0.755 e. The van der Waals surface area contributed by atoms with Crippen LogP contribution in [-0.2, 0) is 17.7 Å². The van der Waals surface area contributed by atoms with Crippen LogP contribution in [-0.4, -0.2) is 24.8 Å². The summed E-state index contributed by atoms with van der Waals surface area (Å²) in [5.74, 6) is -1.25. The smallest absolute Gasteiger partial charge is 0.357 e. The van der Waals surface area contributed by atoms with Gasteiger partial charge in [-0.15, -0.1) is 0 Å². The molecule has 0 fully saturated rings. The molecular formula is C12H11N2O4S2-. The highest BCUT2D eigenvalue weighted by atomic mass is 32.2. The highest BCUT2D eigenvalue weighted by Crippen LogP contribution is 2.35. The Morgan fingerprint density at radius 2 is 2.10 bits per heavy atom. The van der Waals surface area contributed by atoms with E-state index < -0.39 is 17.2 Å². The molecule has 0 saturated heterocycles. The van der Waals surface area contributed by atoms with Crippen LogP contribution in [0.2, 0.25) is 0 Å². The third kappa shape index (κ3) is 2.87. The molecule has 1 aromatic carbocycles. The monoisotopic (exact) mass is 311 g/mol. The molecule has 0 spiro atoms. The van der Waals surface area contributed by atoms with E-state index in [0.717, 1.165) is 15.6 Å². The number of hydrogen-bond acceptors (Lipinski definition) is 5. The Morgan fingerprint density at radius 3 is 2.60 bits per heavy atom. The lowest BCUT2D eigenvalue weighted by Crippen LogP contribution is -2.20. The Bertz CT molecular complexity index is 642. The van der Waals surface area contributed by atoms with Crippen molar-refractivity contribution >= 4 is 39.3 Å². The van der Waals surface area contributed by atoms with E-state index in [-0.39, 0.29) is 10.7 Å². The summed E-state index contributed by atoms with van der Waals surface area (Å²) in [6.07, 6.45) is 0.541. The van der Waals surface area contributed by atoms with Gasteiger partial charge in [0.25, 0.3) is 0 Å². The number of thiazole rings is 1. The number of anilines is 2. The number of hydrogen-bond donors (Lipinski definition) is 1. The Kier molecular flexibility index (Phi) is 4.48. The molecule has 2 aromatic rings. The quantitative estimate of drug-likeness (QED) is 0.855. The number of aromatic nitrogens is 1.